The molecule has 0 heterocycles. The summed E-state index contributed by atoms with van der Waals surface area (Å²) >= 11 is 0. The fraction of sp³-hybridized carbons (Fsp3) is 0.500. The van der Waals surface area contributed by atoms with Crippen molar-refractivity contribution in [1.29, 1.82) is 0 Å². The highest BCUT2D eigenvalue weighted by molar-refractivity contribution is 5.01. The first kappa shape index (κ1) is 13.0. The van der Waals surface area contributed by atoms with Crippen LogP contribution in [-0.4, -0.2) is 0 Å². The molecule has 0 amide bonds. The molecule has 0 nitrogen and oxygen atoms in total. The van der Waals surface area contributed by atoms with Crippen molar-refractivity contribution in [2.45, 2.75) is 46.0 Å². The molecule has 14 heavy (non-hydrogen) atoms. The van der Waals surface area contributed by atoms with Crippen LogP contribution in [0.4, 0.5) is 0 Å². The Balaban J connectivity index is 3.33. The number of rotatable bonds is 7. The third kappa shape index (κ3) is 11.0. The van der Waals surface area contributed by atoms with Gasteiger partial charge in [-0.15, -0.1) is 5.73 Å². The predicted octanol–water partition coefficient (Wildman–Crippen LogP) is 4.80. The zero-order chi connectivity index (χ0) is 10.5. The summed E-state index contributed by atoms with van der Waals surface area (Å²) in [6.45, 7) is 4.28. The molecule has 0 spiro atoms. The number of hydrogen-bond donors (Lipinski definition) is 0. The summed E-state index contributed by atoms with van der Waals surface area (Å²) < 4.78 is 0. The first-order valence-corrected chi connectivity index (χ1v) is 5.62. The summed E-state index contributed by atoms with van der Waals surface area (Å²) in [5.41, 5.74) is 3.16. The molecule has 0 radical (unpaired) electrons. The molecule has 0 aromatic carbocycles. The lowest BCUT2D eigenvalue weighted by molar-refractivity contribution is 0.869. The Hall–Kier alpha value is -1.00. The van der Waals surface area contributed by atoms with Crippen molar-refractivity contribution in [3.8, 4) is 0 Å². The summed E-state index contributed by atoms with van der Waals surface area (Å²) in [6.07, 6.45) is 18.6. The zero-order valence-electron chi connectivity index (χ0n) is 9.50. The second kappa shape index (κ2) is 12.0. The van der Waals surface area contributed by atoms with E-state index in [9.17, 15) is 0 Å². The summed E-state index contributed by atoms with van der Waals surface area (Å²) in [4.78, 5) is 0. The minimum Gasteiger partial charge on any atom is -0.130 e. The first-order chi connectivity index (χ1) is 6.91. The molecular weight excluding hydrogens is 168 g/mol. The van der Waals surface area contributed by atoms with E-state index in [0.717, 1.165) is 19.3 Å². The lowest BCUT2D eigenvalue weighted by atomic mass is 10.2. The van der Waals surface area contributed by atoms with Crippen molar-refractivity contribution >= 4 is 0 Å². The van der Waals surface area contributed by atoms with E-state index < -0.39 is 0 Å². The maximum atomic E-state index is 3.16. The van der Waals surface area contributed by atoms with Crippen LogP contribution in [0.3, 0.4) is 0 Å². The van der Waals surface area contributed by atoms with Crippen molar-refractivity contribution in [2.75, 3.05) is 0 Å². The Labute approximate surface area is 88.7 Å². The minimum absolute atomic E-state index is 1.08. The van der Waals surface area contributed by atoms with Crippen LogP contribution in [-0.2, 0) is 0 Å². The van der Waals surface area contributed by atoms with Crippen molar-refractivity contribution in [3.63, 3.8) is 0 Å². The van der Waals surface area contributed by atoms with E-state index in [2.05, 4.69) is 56.0 Å². The Bertz CT molecular complexity index is 212. The molecule has 0 atom stereocenters. The topological polar surface area (TPSA) is 0 Å². The molecule has 0 bridgehead atoms. The van der Waals surface area contributed by atoms with E-state index in [1.54, 1.807) is 0 Å². The van der Waals surface area contributed by atoms with Gasteiger partial charge >= 0.3 is 0 Å². The van der Waals surface area contributed by atoms with Crippen molar-refractivity contribution < 1.29 is 0 Å². The van der Waals surface area contributed by atoms with Crippen LogP contribution in [0.25, 0.3) is 0 Å². The summed E-state index contributed by atoms with van der Waals surface area (Å²) in [6, 6.07) is 0. The standard InChI is InChI=1S/C14H22/c1-3-5-7-9-11-13-14-12-10-8-6-4-2/h5-7,9-11H,3-4,12-14H2,1-2H3. The van der Waals surface area contributed by atoms with Gasteiger partial charge in [-0.25, -0.2) is 0 Å². The highest BCUT2D eigenvalue weighted by atomic mass is 13.8. The van der Waals surface area contributed by atoms with Gasteiger partial charge < -0.3 is 0 Å². The van der Waals surface area contributed by atoms with Gasteiger partial charge in [0.2, 0.25) is 0 Å². The molecule has 0 heteroatoms. The van der Waals surface area contributed by atoms with Gasteiger partial charge in [0.25, 0.3) is 0 Å². The first-order valence-electron chi connectivity index (χ1n) is 5.62. The summed E-state index contributed by atoms with van der Waals surface area (Å²) in [7, 11) is 0. The summed E-state index contributed by atoms with van der Waals surface area (Å²) in [5.74, 6) is 0. The fourth-order valence-corrected chi connectivity index (χ4v) is 1.01. The Kier molecular flexibility index (Phi) is 11.1. The van der Waals surface area contributed by atoms with Crippen molar-refractivity contribution in [2.24, 2.45) is 0 Å². The van der Waals surface area contributed by atoms with Crippen LogP contribution in [0.15, 0.2) is 42.2 Å². The van der Waals surface area contributed by atoms with E-state index in [0.29, 0.717) is 0 Å². The van der Waals surface area contributed by atoms with Gasteiger partial charge in [-0.1, -0.05) is 38.2 Å². The third-order valence-corrected chi connectivity index (χ3v) is 1.78. The Morgan fingerprint density at radius 3 is 2.36 bits per heavy atom. The number of hydrogen-bond acceptors (Lipinski definition) is 0. The SMILES string of the molecule is CCC=C=CCCCC=CC=CCC. The van der Waals surface area contributed by atoms with Gasteiger partial charge in [0.05, 0.1) is 0 Å². The minimum atomic E-state index is 1.08. The van der Waals surface area contributed by atoms with Crippen LogP contribution in [0.5, 0.6) is 0 Å². The van der Waals surface area contributed by atoms with Gasteiger partial charge in [0, 0.05) is 0 Å². The van der Waals surface area contributed by atoms with Gasteiger partial charge in [-0.2, -0.15) is 0 Å². The van der Waals surface area contributed by atoms with E-state index in [-0.39, 0.29) is 0 Å². The highest BCUT2D eigenvalue weighted by Gasteiger charge is 1.78. The average Bonchev–Trinajstić information content (AvgIpc) is 2.21. The van der Waals surface area contributed by atoms with E-state index in [1.807, 2.05) is 0 Å². The Morgan fingerprint density at radius 2 is 1.64 bits per heavy atom. The Morgan fingerprint density at radius 1 is 0.857 bits per heavy atom. The van der Waals surface area contributed by atoms with Crippen molar-refractivity contribution in [1.82, 2.24) is 0 Å². The molecule has 0 unspecified atom stereocenters. The second-order valence-corrected chi connectivity index (χ2v) is 3.18. The van der Waals surface area contributed by atoms with Gasteiger partial charge in [0.1, 0.15) is 0 Å². The van der Waals surface area contributed by atoms with Gasteiger partial charge in [-0.3, -0.25) is 0 Å². The molecule has 0 saturated carbocycles. The highest BCUT2D eigenvalue weighted by Crippen LogP contribution is 1.97. The van der Waals surface area contributed by atoms with Gasteiger partial charge in [-0.05, 0) is 44.3 Å². The van der Waals surface area contributed by atoms with E-state index >= 15 is 0 Å². The molecular formula is C14H22. The predicted molar refractivity (Wildman–Crippen MR) is 65.4 cm³/mol. The zero-order valence-corrected chi connectivity index (χ0v) is 9.50. The molecule has 0 rings (SSSR count). The molecule has 0 aliphatic rings. The van der Waals surface area contributed by atoms with Crippen molar-refractivity contribution in [3.05, 3.63) is 42.2 Å². The third-order valence-electron chi connectivity index (χ3n) is 1.78. The van der Waals surface area contributed by atoms with Gasteiger partial charge in [0.15, 0.2) is 0 Å². The lowest BCUT2D eigenvalue weighted by Gasteiger charge is -1.87. The smallest absolute Gasteiger partial charge is 0.0272 e. The summed E-state index contributed by atoms with van der Waals surface area (Å²) in [5, 5.41) is 0. The van der Waals surface area contributed by atoms with Crippen LogP contribution < -0.4 is 0 Å². The quantitative estimate of drug-likeness (QED) is 0.307. The maximum absolute atomic E-state index is 3.16. The number of allylic oxidation sites excluding steroid dienone is 5. The molecule has 0 aliphatic carbocycles. The average molecular weight is 190 g/mol. The lowest BCUT2D eigenvalue weighted by Crippen LogP contribution is -1.67. The number of unbranched alkanes of at least 4 members (excludes halogenated alkanes) is 2. The molecule has 0 aromatic rings. The van der Waals surface area contributed by atoms with Crippen LogP contribution in [0, 0.1) is 0 Å². The van der Waals surface area contributed by atoms with Crippen LogP contribution in [0.2, 0.25) is 0 Å². The molecule has 0 aromatic heterocycles. The molecule has 78 valence electrons. The molecule has 0 aliphatic heterocycles. The van der Waals surface area contributed by atoms with E-state index in [1.165, 1.54) is 12.8 Å². The van der Waals surface area contributed by atoms with Crippen LogP contribution in [0.1, 0.15) is 46.0 Å². The molecule has 0 fully saturated rings. The normalized spacial score (nSPS) is 10.7. The molecule has 0 saturated heterocycles. The monoisotopic (exact) mass is 190 g/mol. The maximum Gasteiger partial charge on any atom is -0.0272 e. The van der Waals surface area contributed by atoms with E-state index in [4.69, 9.17) is 0 Å². The largest absolute Gasteiger partial charge is 0.130 e. The molecule has 0 N–H and O–H groups in total. The fourth-order valence-electron chi connectivity index (χ4n) is 1.01. The van der Waals surface area contributed by atoms with Crippen LogP contribution >= 0.6 is 0 Å². The second-order valence-electron chi connectivity index (χ2n) is 3.18.